The van der Waals surface area contributed by atoms with Gasteiger partial charge < -0.3 is 0 Å². The van der Waals surface area contributed by atoms with E-state index in [1.54, 1.807) is 4.37 Å². The Morgan fingerprint density at radius 3 is 1.20 bits per heavy atom. The van der Waals surface area contributed by atoms with Crippen molar-refractivity contribution in [2.24, 2.45) is 0 Å². The molecule has 0 bridgehead atoms. The molecule has 0 rings (SSSR count). The van der Waals surface area contributed by atoms with Gasteiger partial charge in [0, 0.05) is 0 Å². The molecule has 15 heavy (non-hydrogen) atoms. The minimum atomic E-state index is 1.21. The van der Waals surface area contributed by atoms with E-state index in [4.69, 9.17) is 0 Å². The van der Waals surface area contributed by atoms with Crippen molar-refractivity contribution in [1.29, 1.82) is 0 Å². The van der Waals surface area contributed by atoms with Crippen molar-refractivity contribution in [2.75, 3.05) is 0 Å². The second-order valence-electron chi connectivity index (χ2n) is 4.74. The van der Waals surface area contributed by atoms with Crippen molar-refractivity contribution in [1.82, 2.24) is 0 Å². The third-order valence-corrected chi connectivity index (χ3v) is 4.53. The summed E-state index contributed by atoms with van der Waals surface area (Å²) in [5, 5.41) is 0. The van der Waals surface area contributed by atoms with Crippen LogP contribution >= 0.6 is 0 Å². The van der Waals surface area contributed by atoms with Crippen molar-refractivity contribution >= 4 is 23.0 Å². The van der Waals surface area contributed by atoms with E-state index < -0.39 is 0 Å². The predicted octanol–water partition coefficient (Wildman–Crippen LogP) is 4.47. The van der Waals surface area contributed by atoms with Gasteiger partial charge in [0.15, 0.2) is 0 Å². The van der Waals surface area contributed by atoms with Crippen LogP contribution in [-0.2, 0) is 0 Å². The standard InChI is InChI=1S/C14H29.Sb.3H/c1-3-5-7-9-11-13-14-12-10-8-6-4-2;;;;/h1,3-14H2,2H3;;;;. The summed E-state index contributed by atoms with van der Waals surface area (Å²) in [4.78, 5) is 0. The van der Waals surface area contributed by atoms with Crippen LogP contribution in [0.25, 0.3) is 0 Å². The van der Waals surface area contributed by atoms with Gasteiger partial charge in [-0.3, -0.25) is 0 Å². The predicted molar refractivity (Wildman–Crippen MR) is 75.8 cm³/mol. The summed E-state index contributed by atoms with van der Waals surface area (Å²) in [5.41, 5.74) is 0. The zero-order chi connectivity index (χ0) is 11.2. The van der Waals surface area contributed by atoms with Crippen LogP contribution in [0.15, 0.2) is 0 Å². The van der Waals surface area contributed by atoms with Crippen molar-refractivity contribution < 1.29 is 0 Å². The molecule has 0 aliphatic carbocycles. The molecule has 0 aromatic heterocycles. The molecular weight excluding hydrogens is 290 g/mol. The molecule has 0 aromatic rings. The summed E-state index contributed by atoms with van der Waals surface area (Å²) >= 11 is 1.21. The zero-order valence-electron chi connectivity index (χ0n) is 10.9. The monoisotopic (exact) mass is 321 g/mol. The van der Waals surface area contributed by atoms with Crippen LogP contribution in [0.1, 0.15) is 84.0 Å². The molecule has 0 heterocycles. The molecule has 0 spiro atoms. The van der Waals surface area contributed by atoms with Gasteiger partial charge in [0.25, 0.3) is 0 Å². The van der Waals surface area contributed by atoms with E-state index in [1.165, 1.54) is 100 Å². The number of rotatable bonds is 12. The molecule has 0 aromatic carbocycles. The van der Waals surface area contributed by atoms with Gasteiger partial charge in [-0.25, -0.2) is 0 Å². The second kappa shape index (κ2) is 14.8. The molecule has 0 fully saturated rings. The zero-order valence-corrected chi connectivity index (χ0v) is 14.9. The Kier molecular flexibility index (Phi) is 15.6. The van der Waals surface area contributed by atoms with Gasteiger partial charge in [-0.2, -0.15) is 0 Å². The van der Waals surface area contributed by atoms with Crippen molar-refractivity contribution in [3.63, 3.8) is 0 Å². The molecule has 0 aliphatic heterocycles. The fourth-order valence-electron chi connectivity index (χ4n) is 2.02. The fourth-order valence-corrected chi connectivity index (χ4v) is 3.03. The average molecular weight is 322 g/mol. The van der Waals surface area contributed by atoms with Gasteiger partial charge in [-0.05, 0) is 0 Å². The van der Waals surface area contributed by atoms with Gasteiger partial charge in [0.05, 0.1) is 0 Å². The van der Waals surface area contributed by atoms with E-state index >= 15 is 0 Å². The number of hydrogen-bond donors (Lipinski definition) is 0. The molecule has 1 radical (unpaired) electrons. The molecular formula is C14H32Sb. The molecule has 0 unspecified atom stereocenters. The topological polar surface area (TPSA) is 0 Å². The van der Waals surface area contributed by atoms with Crippen LogP contribution in [-0.4, -0.2) is 23.0 Å². The average Bonchev–Trinajstić information content (AvgIpc) is 2.26. The third-order valence-electron chi connectivity index (χ3n) is 3.10. The molecule has 0 N–H and O–H groups in total. The molecule has 0 saturated heterocycles. The van der Waals surface area contributed by atoms with Crippen LogP contribution in [0, 0.1) is 0 Å². The van der Waals surface area contributed by atoms with Crippen LogP contribution < -0.4 is 0 Å². The molecule has 1 heteroatoms. The van der Waals surface area contributed by atoms with E-state index in [1.807, 2.05) is 0 Å². The SMILES string of the molecule is CCCCCCCCCCCCC[CH2][SbH3]. The molecule has 0 aliphatic rings. The van der Waals surface area contributed by atoms with Gasteiger partial charge in [-0.1, -0.05) is 13.3 Å². The Balaban J connectivity index is 2.81. The van der Waals surface area contributed by atoms with Gasteiger partial charge in [0.1, 0.15) is 0 Å². The summed E-state index contributed by atoms with van der Waals surface area (Å²) in [6.07, 6.45) is 17.8. The van der Waals surface area contributed by atoms with E-state index in [0.717, 1.165) is 0 Å². The van der Waals surface area contributed by atoms with E-state index in [9.17, 15) is 0 Å². The maximum atomic E-state index is 2.29. The van der Waals surface area contributed by atoms with E-state index in [-0.39, 0.29) is 0 Å². The molecule has 93 valence electrons. The first kappa shape index (κ1) is 15.8. The van der Waals surface area contributed by atoms with Crippen LogP contribution in [0.4, 0.5) is 0 Å². The Bertz CT molecular complexity index is 89.5. The van der Waals surface area contributed by atoms with Crippen LogP contribution in [0.3, 0.4) is 0 Å². The van der Waals surface area contributed by atoms with Crippen molar-refractivity contribution in [2.45, 2.75) is 88.3 Å². The first-order chi connectivity index (χ1) is 7.41. The second-order valence-corrected chi connectivity index (χ2v) is 6.76. The number of unbranched alkanes of at least 4 members (excludes halogenated alkanes) is 11. The molecule has 0 amide bonds. The minimum absolute atomic E-state index is 1.21. The fraction of sp³-hybridized carbons (Fsp3) is 1.00. The van der Waals surface area contributed by atoms with Gasteiger partial charge >= 0.3 is 98.0 Å². The summed E-state index contributed by atoms with van der Waals surface area (Å²) < 4.78 is 1.54. The van der Waals surface area contributed by atoms with Crippen molar-refractivity contribution in [3.05, 3.63) is 0 Å². The quantitative estimate of drug-likeness (QED) is 0.367. The first-order valence-electron chi connectivity index (χ1n) is 7.21. The molecule has 0 nitrogen and oxygen atoms in total. The normalized spacial score (nSPS) is 11.0. The maximum absolute atomic E-state index is 2.29. The summed E-state index contributed by atoms with van der Waals surface area (Å²) in [7, 11) is 0. The summed E-state index contributed by atoms with van der Waals surface area (Å²) in [6.45, 7) is 2.29. The van der Waals surface area contributed by atoms with Crippen molar-refractivity contribution in [3.8, 4) is 0 Å². The number of hydrogen-bond acceptors (Lipinski definition) is 0. The van der Waals surface area contributed by atoms with E-state index in [2.05, 4.69) is 6.92 Å². The van der Waals surface area contributed by atoms with Crippen LogP contribution in [0.2, 0.25) is 4.37 Å². The van der Waals surface area contributed by atoms with Crippen LogP contribution in [0.5, 0.6) is 0 Å². The third kappa shape index (κ3) is 14.8. The molecule has 0 saturated carbocycles. The Morgan fingerprint density at radius 2 is 0.867 bits per heavy atom. The van der Waals surface area contributed by atoms with Gasteiger partial charge in [-0.15, -0.1) is 0 Å². The van der Waals surface area contributed by atoms with Gasteiger partial charge in [0.2, 0.25) is 0 Å². The first-order valence-corrected chi connectivity index (χ1v) is 10.1. The summed E-state index contributed by atoms with van der Waals surface area (Å²) in [5.74, 6) is 0. The Morgan fingerprint density at radius 1 is 0.533 bits per heavy atom. The molecule has 0 atom stereocenters. The Labute approximate surface area is 111 Å². The summed E-state index contributed by atoms with van der Waals surface area (Å²) in [6, 6.07) is 0. The van der Waals surface area contributed by atoms with E-state index in [0.29, 0.717) is 0 Å². The Hall–Kier alpha value is 0.818.